The van der Waals surface area contributed by atoms with Crippen molar-refractivity contribution in [2.24, 2.45) is 0 Å². The zero-order valence-corrected chi connectivity index (χ0v) is 15.6. The average Bonchev–Trinajstić information content (AvgIpc) is 2.59. The summed E-state index contributed by atoms with van der Waals surface area (Å²) in [4.78, 5) is 0. The van der Waals surface area contributed by atoms with Gasteiger partial charge in [-0.2, -0.15) is 5.26 Å². The SMILES string of the molecule is CCCCCCCCCCCCc1ccc(O)cc1.CCOC#N. The molecule has 3 nitrogen and oxygen atoms in total. The lowest BCUT2D eigenvalue weighted by Crippen LogP contribution is -1.86. The Morgan fingerprint density at radius 3 is 1.75 bits per heavy atom. The monoisotopic (exact) mass is 333 g/mol. The third kappa shape index (κ3) is 15.2. The van der Waals surface area contributed by atoms with Gasteiger partial charge < -0.3 is 9.84 Å². The van der Waals surface area contributed by atoms with Crippen molar-refractivity contribution in [3.05, 3.63) is 29.8 Å². The summed E-state index contributed by atoms with van der Waals surface area (Å²) in [6.45, 7) is 4.52. The highest BCUT2D eigenvalue weighted by atomic mass is 16.5. The summed E-state index contributed by atoms with van der Waals surface area (Å²) < 4.78 is 4.14. The second-order valence-electron chi connectivity index (χ2n) is 6.12. The number of phenols is 1. The van der Waals surface area contributed by atoms with Crippen molar-refractivity contribution in [3.63, 3.8) is 0 Å². The summed E-state index contributed by atoms with van der Waals surface area (Å²) in [6.07, 6.45) is 16.5. The van der Waals surface area contributed by atoms with Gasteiger partial charge in [-0.25, -0.2) is 0 Å². The van der Waals surface area contributed by atoms with Gasteiger partial charge in [-0.15, -0.1) is 0 Å². The highest BCUT2D eigenvalue weighted by molar-refractivity contribution is 5.25. The van der Waals surface area contributed by atoms with Crippen LogP contribution in [0.1, 0.15) is 83.6 Å². The van der Waals surface area contributed by atoms with Crippen molar-refractivity contribution in [2.75, 3.05) is 6.61 Å². The van der Waals surface area contributed by atoms with Gasteiger partial charge in [0.15, 0.2) is 0 Å². The lowest BCUT2D eigenvalue weighted by molar-refractivity contribution is 0.291. The minimum absolute atomic E-state index is 0.367. The lowest BCUT2D eigenvalue weighted by atomic mass is 10.0. The van der Waals surface area contributed by atoms with Crippen LogP contribution in [0.4, 0.5) is 0 Å². The Kier molecular flexibility index (Phi) is 16.4. The van der Waals surface area contributed by atoms with Gasteiger partial charge in [-0.05, 0) is 37.5 Å². The summed E-state index contributed by atoms with van der Waals surface area (Å²) >= 11 is 0. The number of phenolic OH excluding ortho intramolecular Hbond substituents is 1. The molecule has 1 N–H and O–H groups in total. The van der Waals surface area contributed by atoms with Crippen molar-refractivity contribution >= 4 is 0 Å². The topological polar surface area (TPSA) is 53.2 Å². The largest absolute Gasteiger partial charge is 0.508 e. The maximum absolute atomic E-state index is 9.20. The molecule has 0 unspecified atom stereocenters. The van der Waals surface area contributed by atoms with Gasteiger partial charge in [0, 0.05) is 0 Å². The van der Waals surface area contributed by atoms with E-state index in [9.17, 15) is 5.11 Å². The Morgan fingerprint density at radius 2 is 1.33 bits per heavy atom. The van der Waals surface area contributed by atoms with Crippen molar-refractivity contribution in [1.29, 1.82) is 5.26 Å². The fourth-order valence-corrected chi connectivity index (χ4v) is 2.54. The van der Waals surface area contributed by atoms with Gasteiger partial charge in [-0.1, -0.05) is 76.8 Å². The fraction of sp³-hybridized carbons (Fsp3) is 0.667. The van der Waals surface area contributed by atoms with Gasteiger partial charge in [0.1, 0.15) is 5.75 Å². The van der Waals surface area contributed by atoms with E-state index in [4.69, 9.17) is 5.26 Å². The second-order valence-corrected chi connectivity index (χ2v) is 6.12. The van der Waals surface area contributed by atoms with Crippen LogP contribution in [0.2, 0.25) is 0 Å². The molecule has 1 aromatic rings. The number of hydrogen-bond acceptors (Lipinski definition) is 3. The number of ether oxygens (including phenoxy) is 1. The first-order valence-electron chi connectivity index (χ1n) is 9.53. The quantitative estimate of drug-likeness (QED) is 0.357. The van der Waals surface area contributed by atoms with E-state index in [0.717, 1.165) is 6.42 Å². The van der Waals surface area contributed by atoms with E-state index in [0.29, 0.717) is 12.4 Å². The van der Waals surface area contributed by atoms with E-state index in [1.165, 1.54) is 76.0 Å². The first-order chi connectivity index (χ1) is 11.7. The molecule has 0 aliphatic heterocycles. The normalized spacial score (nSPS) is 9.71. The zero-order valence-electron chi connectivity index (χ0n) is 15.6. The van der Waals surface area contributed by atoms with Gasteiger partial charge in [0.2, 0.25) is 0 Å². The smallest absolute Gasteiger partial charge is 0.286 e. The summed E-state index contributed by atoms with van der Waals surface area (Å²) in [7, 11) is 0. The Hall–Kier alpha value is -1.69. The van der Waals surface area contributed by atoms with E-state index in [2.05, 4.69) is 11.7 Å². The van der Waals surface area contributed by atoms with Gasteiger partial charge >= 0.3 is 0 Å². The lowest BCUT2D eigenvalue weighted by Gasteiger charge is -2.03. The van der Waals surface area contributed by atoms with E-state index in [-0.39, 0.29) is 0 Å². The van der Waals surface area contributed by atoms with E-state index < -0.39 is 0 Å². The molecule has 0 fully saturated rings. The minimum atomic E-state index is 0.367. The summed E-state index contributed by atoms with van der Waals surface area (Å²) in [5, 5.41) is 16.8. The Bertz CT molecular complexity index is 409. The molecular formula is C21H35NO2. The average molecular weight is 334 g/mol. The van der Waals surface area contributed by atoms with Crippen LogP contribution in [0.3, 0.4) is 0 Å². The highest BCUT2D eigenvalue weighted by Crippen LogP contribution is 2.14. The van der Waals surface area contributed by atoms with Crippen molar-refractivity contribution in [3.8, 4) is 12.0 Å². The van der Waals surface area contributed by atoms with Crippen LogP contribution in [0.5, 0.6) is 5.75 Å². The predicted octanol–water partition coefficient (Wildman–Crippen LogP) is 6.36. The molecule has 1 aromatic carbocycles. The molecule has 0 amide bonds. The Balaban J connectivity index is 0.000000922. The third-order valence-corrected chi connectivity index (χ3v) is 3.96. The summed E-state index contributed by atoms with van der Waals surface area (Å²) in [5.41, 5.74) is 1.34. The Labute approximate surface area is 148 Å². The molecule has 0 spiro atoms. The predicted molar refractivity (Wildman–Crippen MR) is 101 cm³/mol. The molecule has 0 aliphatic carbocycles. The fourth-order valence-electron chi connectivity index (χ4n) is 2.54. The number of aromatic hydroxyl groups is 1. The van der Waals surface area contributed by atoms with E-state index in [1.54, 1.807) is 19.1 Å². The van der Waals surface area contributed by atoms with Crippen LogP contribution in [0.25, 0.3) is 0 Å². The molecule has 0 aromatic heterocycles. The van der Waals surface area contributed by atoms with Crippen molar-refractivity contribution < 1.29 is 9.84 Å². The molecule has 136 valence electrons. The van der Waals surface area contributed by atoms with Crippen molar-refractivity contribution in [1.82, 2.24) is 0 Å². The minimum Gasteiger partial charge on any atom is -0.508 e. The molecule has 0 saturated carbocycles. The first kappa shape index (κ1) is 22.3. The number of nitrogens with zero attached hydrogens (tertiary/aromatic N) is 1. The Morgan fingerprint density at radius 1 is 0.833 bits per heavy atom. The molecule has 0 atom stereocenters. The maximum Gasteiger partial charge on any atom is 0.286 e. The van der Waals surface area contributed by atoms with E-state index >= 15 is 0 Å². The summed E-state index contributed by atoms with van der Waals surface area (Å²) in [6, 6.07) is 7.63. The molecule has 3 heteroatoms. The molecule has 1 rings (SSSR count). The highest BCUT2D eigenvalue weighted by Gasteiger charge is 1.95. The molecule has 0 bridgehead atoms. The number of hydrogen-bond donors (Lipinski definition) is 1. The molecule has 0 saturated heterocycles. The number of benzene rings is 1. The van der Waals surface area contributed by atoms with Gasteiger partial charge in [0.25, 0.3) is 6.26 Å². The number of aryl methyl sites for hydroxylation is 1. The maximum atomic E-state index is 9.20. The number of unbranched alkanes of at least 4 members (excludes halogenated alkanes) is 9. The molecular weight excluding hydrogens is 298 g/mol. The number of nitriles is 1. The zero-order chi connectivity index (χ0) is 17.9. The molecule has 0 heterocycles. The van der Waals surface area contributed by atoms with Gasteiger partial charge in [0.05, 0.1) is 6.61 Å². The van der Waals surface area contributed by atoms with Crippen LogP contribution in [-0.2, 0) is 11.2 Å². The van der Waals surface area contributed by atoms with Crippen molar-refractivity contribution in [2.45, 2.75) is 84.5 Å². The molecule has 24 heavy (non-hydrogen) atoms. The molecule has 0 radical (unpaired) electrons. The third-order valence-electron chi connectivity index (χ3n) is 3.96. The summed E-state index contributed by atoms with van der Waals surface area (Å²) in [5.74, 6) is 0.367. The number of rotatable bonds is 12. The second kappa shape index (κ2) is 17.7. The molecule has 0 aliphatic rings. The van der Waals surface area contributed by atoms with Crippen LogP contribution in [0.15, 0.2) is 24.3 Å². The first-order valence-corrected chi connectivity index (χ1v) is 9.53. The standard InChI is InChI=1S/C18H30O.C3H5NO/c1-2-3-4-5-6-7-8-9-10-11-12-17-13-15-18(19)16-14-17;1-2-5-3-4/h13-16,19H,2-12H2,1H3;2H2,1H3. The van der Waals surface area contributed by atoms with Crippen LogP contribution < -0.4 is 0 Å². The van der Waals surface area contributed by atoms with Crippen LogP contribution >= 0.6 is 0 Å². The van der Waals surface area contributed by atoms with Crippen LogP contribution in [0, 0.1) is 11.5 Å². The van der Waals surface area contributed by atoms with Gasteiger partial charge in [-0.3, -0.25) is 0 Å². The van der Waals surface area contributed by atoms with E-state index in [1.807, 2.05) is 12.1 Å². The van der Waals surface area contributed by atoms with Crippen LogP contribution in [-0.4, -0.2) is 11.7 Å².